The Labute approximate surface area is 209 Å². The summed E-state index contributed by atoms with van der Waals surface area (Å²) in [5.41, 5.74) is 3.23. The fourth-order valence-corrected chi connectivity index (χ4v) is 4.34. The van der Waals surface area contributed by atoms with Crippen LogP contribution in [-0.2, 0) is 4.74 Å². The van der Waals surface area contributed by atoms with Crippen LogP contribution in [0.5, 0.6) is 5.75 Å². The minimum absolute atomic E-state index is 0.174. The fourth-order valence-electron chi connectivity index (χ4n) is 3.99. The highest BCUT2D eigenvalue weighted by Crippen LogP contribution is 2.38. The lowest BCUT2D eigenvalue weighted by atomic mass is 9.94. The third kappa shape index (κ3) is 5.68. The zero-order valence-electron chi connectivity index (χ0n) is 20.2. The number of halogens is 1. The van der Waals surface area contributed by atoms with E-state index in [1.54, 1.807) is 19.2 Å². The average Bonchev–Trinajstić information content (AvgIpc) is 3.33. The Bertz CT molecular complexity index is 1210. The van der Waals surface area contributed by atoms with Crippen LogP contribution in [0, 0.1) is 5.82 Å². The Hall–Kier alpha value is -3.30. The Morgan fingerprint density at radius 1 is 1.20 bits per heavy atom. The number of methoxy groups -OCH3 is 1. The van der Waals surface area contributed by atoms with E-state index in [1.807, 2.05) is 49.9 Å². The molecule has 2 aromatic carbocycles. The van der Waals surface area contributed by atoms with Crippen molar-refractivity contribution in [2.24, 2.45) is 0 Å². The molecule has 0 radical (unpaired) electrons. The summed E-state index contributed by atoms with van der Waals surface area (Å²) >= 11 is 5.74. The summed E-state index contributed by atoms with van der Waals surface area (Å²) in [5.74, 6) is 1.06. The van der Waals surface area contributed by atoms with E-state index in [-0.39, 0.29) is 18.0 Å². The number of ether oxygens (including phenoxy) is 2. The summed E-state index contributed by atoms with van der Waals surface area (Å²) in [6.07, 6.45) is 0.976. The first kappa shape index (κ1) is 24.8. The number of nitrogens with zero attached hydrogens (tertiary/aromatic N) is 3. The molecule has 0 amide bonds. The van der Waals surface area contributed by atoms with Crippen molar-refractivity contribution in [1.29, 1.82) is 0 Å². The van der Waals surface area contributed by atoms with Gasteiger partial charge in [-0.05, 0) is 69.2 Å². The first-order chi connectivity index (χ1) is 16.9. The molecule has 35 heavy (non-hydrogen) atoms. The average molecular weight is 497 g/mol. The van der Waals surface area contributed by atoms with Gasteiger partial charge in [0.15, 0.2) is 5.11 Å². The first-order valence-electron chi connectivity index (χ1n) is 11.5. The molecular weight excluding hydrogens is 467 g/mol. The van der Waals surface area contributed by atoms with Crippen molar-refractivity contribution in [3.05, 3.63) is 71.5 Å². The number of nitrogens with one attached hydrogen (secondary N) is 1. The van der Waals surface area contributed by atoms with Gasteiger partial charge in [0.05, 0.1) is 24.8 Å². The van der Waals surface area contributed by atoms with Crippen molar-refractivity contribution in [3.63, 3.8) is 0 Å². The summed E-state index contributed by atoms with van der Waals surface area (Å²) < 4.78 is 30.5. The lowest BCUT2D eigenvalue weighted by Crippen LogP contribution is -2.46. The normalized spacial score (nSPS) is 16.1. The Morgan fingerprint density at radius 2 is 1.97 bits per heavy atom. The van der Waals surface area contributed by atoms with Crippen LogP contribution >= 0.6 is 12.2 Å². The van der Waals surface area contributed by atoms with E-state index in [2.05, 4.69) is 15.5 Å². The van der Waals surface area contributed by atoms with Crippen LogP contribution in [0.15, 0.2) is 58.8 Å². The molecule has 0 fully saturated rings. The van der Waals surface area contributed by atoms with E-state index in [0.29, 0.717) is 35.5 Å². The van der Waals surface area contributed by atoms with Crippen LogP contribution in [-0.4, -0.2) is 46.5 Å². The topological polar surface area (TPSA) is 72.7 Å². The van der Waals surface area contributed by atoms with E-state index in [1.165, 1.54) is 12.1 Å². The minimum atomic E-state index is -0.361. The molecule has 0 aliphatic carbocycles. The highest BCUT2D eigenvalue weighted by atomic mass is 32.1. The van der Waals surface area contributed by atoms with Crippen molar-refractivity contribution < 1.29 is 18.4 Å². The summed E-state index contributed by atoms with van der Waals surface area (Å²) in [4.78, 5) is 6.65. The van der Waals surface area contributed by atoms with E-state index < -0.39 is 0 Å². The molecule has 1 aromatic heterocycles. The van der Waals surface area contributed by atoms with E-state index >= 15 is 0 Å². The molecule has 1 atom stereocenters. The molecule has 0 saturated carbocycles. The number of hydrogen-bond acceptors (Lipinski definition) is 6. The number of allylic oxidation sites excluding steroid dienone is 1. The number of hydrogen-bond donors (Lipinski definition) is 1. The van der Waals surface area contributed by atoms with Gasteiger partial charge in [0.1, 0.15) is 11.6 Å². The largest absolute Gasteiger partial charge is 0.497 e. The highest BCUT2D eigenvalue weighted by molar-refractivity contribution is 7.80. The molecule has 1 aliphatic rings. The van der Waals surface area contributed by atoms with Crippen LogP contribution in [0.3, 0.4) is 0 Å². The molecule has 4 rings (SSSR count). The summed E-state index contributed by atoms with van der Waals surface area (Å²) in [5, 5.41) is 8.18. The number of aromatic nitrogens is 2. The van der Waals surface area contributed by atoms with Gasteiger partial charge in [-0.1, -0.05) is 29.4 Å². The lowest BCUT2D eigenvalue weighted by Gasteiger charge is -2.37. The van der Waals surface area contributed by atoms with Crippen molar-refractivity contribution in [2.75, 3.05) is 20.3 Å². The van der Waals surface area contributed by atoms with Gasteiger partial charge in [-0.3, -0.25) is 0 Å². The van der Waals surface area contributed by atoms with Crippen molar-refractivity contribution in [2.45, 2.75) is 39.3 Å². The molecule has 7 nitrogen and oxygen atoms in total. The minimum Gasteiger partial charge on any atom is -0.497 e. The molecule has 9 heteroatoms. The highest BCUT2D eigenvalue weighted by Gasteiger charge is 2.34. The fraction of sp³-hybridized carbons (Fsp3) is 0.346. The maximum Gasteiger partial charge on any atom is 0.258 e. The second-order valence-electron chi connectivity index (χ2n) is 8.51. The number of rotatable bonds is 9. The quantitative estimate of drug-likeness (QED) is 0.314. The molecule has 1 N–H and O–H groups in total. The standard InChI is InChI=1S/C26H29FN4O3S/c1-16(2)33-14-6-13-31-17(3)22(23(28-26(31)35)18-9-11-21(32-4)12-10-18)25-29-24(30-34-25)19-7-5-8-20(27)15-19/h5,7-12,15-16,23H,6,13-14H2,1-4H3,(H,28,35). The molecule has 0 bridgehead atoms. The molecule has 1 unspecified atom stereocenters. The second kappa shape index (κ2) is 11.0. The maximum atomic E-state index is 13.8. The van der Waals surface area contributed by atoms with Crippen molar-refractivity contribution in [1.82, 2.24) is 20.4 Å². The Morgan fingerprint density at radius 3 is 2.66 bits per heavy atom. The van der Waals surface area contributed by atoms with Gasteiger partial charge in [-0.2, -0.15) is 4.98 Å². The van der Waals surface area contributed by atoms with Crippen LogP contribution in [0.25, 0.3) is 17.0 Å². The van der Waals surface area contributed by atoms with Gasteiger partial charge in [0, 0.05) is 24.4 Å². The zero-order valence-corrected chi connectivity index (χ0v) is 21.1. The Kier molecular flexibility index (Phi) is 7.77. The van der Waals surface area contributed by atoms with Gasteiger partial charge in [0.25, 0.3) is 5.89 Å². The van der Waals surface area contributed by atoms with Crippen LogP contribution in [0.1, 0.15) is 44.7 Å². The van der Waals surface area contributed by atoms with E-state index in [0.717, 1.165) is 29.0 Å². The zero-order chi connectivity index (χ0) is 24.9. The van der Waals surface area contributed by atoms with Crippen LogP contribution in [0.2, 0.25) is 0 Å². The summed E-state index contributed by atoms with van der Waals surface area (Å²) in [6, 6.07) is 13.6. The van der Waals surface area contributed by atoms with Gasteiger partial charge in [-0.15, -0.1) is 0 Å². The van der Waals surface area contributed by atoms with Crippen LogP contribution in [0.4, 0.5) is 4.39 Å². The molecule has 0 spiro atoms. The van der Waals surface area contributed by atoms with E-state index in [4.69, 9.17) is 26.2 Å². The number of thiocarbonyl (C=S) groups is 1. The summed E-state index contributed by atoms with van der Waals surface area (Å²) in [7, 11) is 1.63. The monoisotopic (exact) mass is 496 g/mol. The molecule has 1 aliphatic heterocycles. The molecular formula is C26H29FN4O3S. The van der Waals surface area contributed by atoms with E-state index in [9.17, 15) is 4.39 Å². The molecule has 184 valence electrons. The lowest BCUT2D eigenvalue weighted by molar-refractivity contribution is 0.0749. The molecule has 0 saturated heterocycles. The molecule has 3 aromatic rings. The Balaban J connectivity index is 1.71. The summed E-state index contributed by atoms with van der Waals surface area (Å²) in [6.45, 7) is 7.33. The predicted molar refractivity (Wildman–Crippen MR) is 136 cm³/mol. The van der Waals surface area contributed by atoms with Gasteiger partial charge >= 0.3 is 0 Å². The number of benzene rings is 2. The van der Waals surface area contributed by atoms with Gasteiger partial charge in [-0.25, -0.2) is 4.39 Å². The first-order valence-corrected chi connectivity index (χ1v) is 11.9. The van der Waals surface area contributed by atoms with Crippen molar-refractivity contribution in [3.8, 4) is 17.1 Å². The third-order valence-corrected chi connectivity index (χ3v) is 6.10. The smallest absolute Gasteiger partial charge is 0.258 e. The predicted octanol–water partition coefficient (Wildman–Crippen LogP) is 5.36. The van der Waals surface area contributed by atoms with Gasteiger partial charge < -0.3 is 24.2 Å². The van der Waals surface area contributed by atoms with Gasteiger partial charge in [0.2, 0.25) is 5.82 Å². The second-order valence-corrected chi connectivity index (χ2v) is 8.90. The maximum absolute atomic E-state index is 13.8. The van der Waals surface area contributed by atoms with Crippen LogP contribution < -0.4 is 10.1 Å². The third-order valence-electron chi connectivity index (χ3n) is 5.76. The SMILES string of the molecule is COc1ccc(C2NC(=S)N(CCCOC(C)C)C(C)=C2c2nc(-c3cccc(F)c3)no2)cc1. The molecule has 2 heterocycles. The van der Waals surface area contributed by atoms with Crippen molar-refractivity contribution >= 4 is 22.9 Å².